The van der Waals surface area contributed by atoms with Crippen LogP contribution in [0.1, 0.15) is 22.9 Å². The summed E-state index contributed by atoms with van der Waals surface area (Å²) in [5.41, 5.74) is 3.71. The van der Waals surface area contributed by atoms with Crippen molar-refractivity contribution in [1.29, 1.82) is 0 Å². The van der Waals surface area contributed by atoms with Crippen LogP contribution < -0.4 is 15.6 Å². The van der Waals surface area contributed by atoms with Gasteiger partial charge in [-0.1, -0.05) is 60.3 Å². The Bertz CT molecular complexity index is 1720. The molecule has 0 atom stereocenters. The monoisotopic (exact) mass is 582 g/mol. The number of nitrogens with one attached hydrogen (secondary N) is 1. The molecule has 1 amide bonds. The Morgan fingerprint density at radius 3 is 2.49 bits per heavy atom. The Labute approximate surface area is 246 Å². The van der Waals surface area contributed by atoms with E-state index in [9.17, 15) is 9.59 Å². The number of thioether (sulfide) groups is 1. The number of hydrogen-bond donors (Lipinski definition) is 1. The maximum absolute atomic E-state index is 14.2. The summed E-state index contributed by atoms with van der Waals surface area (Å²) in [5.74, 6) is 0.705. The summed E-state index contributed by atoms with van der Waals surface area (Å²) in [7, 11) is 0. The third kappa shape index (κ3) is 6.07. The van der Waals surface area contributed by atoms with Crippen LogP contribution in [0.5, 0.6) is 5.75 Å². The SMILES string of the molecule is CCOc1ccc(-n2c(SCC(=O)Nc3ccccc3)nc3sc4c(c3c2=O)CCN(Cc2ccccc2)C4)cc1. The molecule has 6 rings (SSSR count). The lowest BCUT2D eigenvalue weighted by Crippen LogP contribution is -2.30. The Hall–Kier alpha value is -3.92. The van der Waals surface area contributed by atoms with Crippen molar-refractivity contribution in [2.75, 3.05) is 24.2 Å². The van der Waals surface area contributed by atoms with Crippen molar-refractivity contribution in [1.82, 2.24) is 14.5 Å². The molecule has 3 aromatic carbocycles. The first-order valence-corrected chi connectivity index (χ1v) is 15.4. The molecule has 0 bridgehead atoms. The molecule has 5 aromatic rings. The van der Waals surface area contributed by atoms with Crippen molar-refractivity contribution in [3.05, 3.63) is 111 Å². The van der Waals surface area contributed by atoms with E-state index in [-0.39, 0.29) is 17.2 Å². The molecule has 9 heteroatoms. The van der Waals surface area contributed by atoms with E-state index in [4.69, 9.17) is 9.72 Å². The molecule has 0 unspecified atom stereocenters. The van der Waals surface area contributed by atoms with Crippen LogP contribution in [0.3, 0.4) is 0 Å². The normalized spacial score (nSPS) is 13.2. The van der Waals surface area contributed by atoms with Crippen molar-refractivity contribution in [2.24, 2.45) is 0 Å². The smallest absolute Gasteiger partial charge is 0.267 e. The second kappa shape index (κ2) is 12.3. The lowest BCUT2D eigenvalue weighted by Gasteiger charge is -2.26. The number of para-hydroxylation sites is 1. The summed E-state index contributed by atoms with van der Waals surface area (Å²) in [5, 5.41) is 4.10. The number of rotatable bonds is 9. The maximum atomic E-state index is 14.2. The van der Waals surface area contributed by atoms with Gasteiger partial charge in [-0.2, -0.15) is 0 Å². The van der Waals surface area contributed by atoms with Crippen molar-refractivity contribution in [2.45, 2.75) is 31.6 Å². The Morgan fingerprint density at radius 1 is 1.02 bits per heavy atom. The number of thiophene rings is 1. The fourth-order valence-electron chi connectivity index (χ4n) is 5.08. The summed E-state index contributed by atoms with van der Waals surface area (Å²) >= 11 is 2.86. The van der Waals surface area contributed by atoms with Gasteiger partial charge in [0.1, 0.15) is 10.6 Å². The summed E-state index contributed by atoms with van der Waals surface area (Å²) in [6.45, 7) is 5.04. The quantitative estimate of drug-likeness (QED) is 0.166. The van der Waals surface area contributed by atoms with Gasteiger partial charge in [-0.25, -0.2) is 4.98 Å². The molecule has 7 nitrogen and oxygen atoms in total. The van der Waals surface area contributed by atoms with Gasteiger partial charge in [-0.15, -0.1) is 11.3 Å². The highest BCUT2D eigenvalue weighted by Crippen LogP contribution is 2.35. The molecule has 2 aromatic heterocycles. The van der Waals surface area contributed by atoms with Crippen molar-refractivity contribution < 1.29 is 9.53 Å². The van der Waals surface area contributed by atoms with Crippen LogP contribution >= 0.6 is 23.1 Å². The fraction of sp³-hybridized carbons (Fsp3) is 0.219. The van der Waals surface area contributed by atoms with E-state index in [1.807, 2.05) is 67.6 Å². The first-order valence-electron chi connectivity index (χ1n) is 13.6. The molecule has 1 aliphatic rings. The van der Waals surface area contributed by atoms with Crippen LogP contribution in [-0.4, -0.2) is 39.3 Å². The minimum Gasteiger partial charge on any atom is -0.494 e. The second-order valence-electron chi connectivity index (χ2n) is 9.79. The van der Waals surface area contributed by atoms with E-state index in [2.05, 4.69) is 34.5 Å². The topological polar surface area (TPSA) is 76.5 Å². The van der Waals surface area contributed by atoms with Crippen molar-refractivity contribution in [3.63, 3.8) is 0 Å². The molecular weight excluding hydrogens is 553 g/mol. The number of ether oxygens (including phenoxy) is 1. The Kier molecular flexibility index (Phi) is 8.18. The molecule has 3 heterocycles. The fourth-order valence-corrected chi connectivity index (χ4v) is 7.20. The molecule has 1 N–H and O–H groups in total. The molecule has 0 spiro atoms. The molecule has 0 fully saturated rings. The molecule has 41 heavy (non-hydrogen) atoms. The van der Waals surface area contributed by atoms with Gasteiger partial charge < -0.3 is 10.1 Å². The van der Waals surface area contributed by atoms with Gasteiger partial charge in [0, 0.05) is 30.2 Å². The van der Waals surface area contributed by atoms with Crippen LogP contribution in [0, 0.1) is 0 Å². The summed E-state index contributed by atoms with van der Waals surface area (Å²) in [6.07, 6.45) is 0.800. The second-order valence-corrected chi connectivity index (χ2v) is 11.8. The number of aromatic nitrogens is 2. The predicted octanol–water partition coefficient (Wildman–Crippen LogP) is 6.14. The zero-order chi connectivity index (χ0) is 28.2. The van der Waals surface area contributed by atoms with Gasteiger partial charge >= 0.3 is 0 Å². The van der Waals surface area contributed by atoms with Gasteiger partial charge in [0.25, 0.3) is 5.56 Å². The van der Waals surface area contributed by atoms with E-state index < -0.39 is 0 Å². The number of fused-ring (bicyclic) bond motifs is 3. The zero-order valence-electron chi connectivity index (χ0n) is 22.7. The highest BCUT2D eigenvalue weighted by Gasteiger charge is 2.26. The van der Waals surface area contributed by atoms with Gasteiger partial charge in [0.2, 0.25) is 5.91 Å². The molecule has 0 radical (unpaired) electrons. The molecule has 208 valence electrons. The van der Waals surface area contributed by atoms with Crippen LogP contribution in [0.15, 0.2) is 94.9 Å². The summed E-state index contributed by atoms with van der Waals surface area (Å²) in [6, 6.07) is 27.3. The van der Waals surface area contributed by atoms with Crippen LogP contribution in [0.25, 0.3) is 15.9 Å². The number of hydrogen-bond acceptors (Lipinski definition) is 7. The standard InChI is InChI=1S/C32H30N4O3S2/c1-2-39-25-15-13-24(14-16-25)36-31(38)29-26-17-18-35(19-22-9-5-3-6-10-22)20-27(26)41-30(29)34-32(36)40-21-28(37)33-23-11-7-4-8-12-23/h3-16H,2,17-21H2,1H3,(H,33,37). The van der Waals surface area contributed by atoms with E-state index in [0.29, 0.717) is 22.8 Å². The van der Waals surface area contributed by atoms with E-state index in [0.717, 1.165) is 47.9 Å². The highest BCUT2D eigenvalue weighted by atomic mass is 32.2. The molecule has 0 aliphatic carbocycles. The number of anilines is 1. The number of benzene rings is 3. The first-order chi connectivity index (χ1) is 20.1. The number of carbonyl (C=O) groups is 1. The van der Waals surface area contributed by atoms with Gasteiger partial charge in [0.15, 0.2) is 5.16 Å². The lowest BCUT2D eigenvalue weighted by atomic mass is 10.0. The first kappa shape index (κ1) is 27.3. The van der Waals surface area contributed by atoms with Gasteiger partial charge in [-0.05, 0) is 60.9 Å². The molecule has 1 aliphatic heterocycles. The van der Waals surface area contributed by atoms with E-state index in [1.54, 1.807) is 15.9 Å². The largest absolute Gasteiger partial charge is 0.494 e. The Balaban J connectivity index is 1.34. The van der Waals surface area contributed by atoms with Crippen LogP contribution in [0.2, 0.25) is 0 Å². The number of carbonyl (C=O) groups excluding carboxylic acids is 1. The van der Waals surface area contributed by atoms with Crippen molar-refractivity contribution >= 4 is 44.9 Å². The molecule has 0 saturated carbocycles. The average Bonchev–Trinajstić information content (AvgIpc) is 3.36. The Morgan fingerprint density at radius 2 is 1.76 bits per heavy atom. The maximum Gasteiger partial charge on any atom is 0.267 e. The highest BCUT2D eigenvalue weighted by molar-refractivity contribution is 7.99. The molecular formula is C32H30N4O3S2. The number of nitrogens with zero attached hydrogens (tertiary/aromatic N) is 3. The van der Waals surface area contributed by atoms with E-state index >= 15 is 0 Å². The minimum absolute atomic E-state index is 0.0980. The lowest BCUT2D eigenvalue weighted by molar-refractivity contribution is -0.113. The summed E-state index contributed by atoms with van der Waals surface area (Å²) < 4.78 is 7.25. The molecule has 0 saturated heterocycles. The van der Waals surface area contributed by atoms with Crippen molar-refractivity contribution in [3.8, 4) is 11.4 Å². The van der Waals surface area contributed by atoms with Gasteiger partial charge in [0.05, 0.1) is 23.4 Å². The number of amides is 1. The van der Waals surface area contributed by atoms with Crippen LogP contribution in [0.4, 0.5) is 5.69 Å². The summed E-state index contributed by atoms with van der Waals surface area (Å²) in [4.78, 5) is 36.3. The predicted molar refractivity (Wildman–Crippen MR) is 166 cm³/mol. The minimum atomic E-state index is -0.157. The zero-order valence-corrected chi connectivity index (χ0v) is 24.3. The average molecular weight is 583 g/mol. The van der Waals surface area contributed by atoms with Gasteiger partial charge in [-0.3, -0.25) is 19.1 Å². The third-order valence-corrected chi connectivity index (χ3v) is 9.02. The third-order valence-electron chi connectivity index (χ3n) is 6.97. The van der Waals surface area contributed by atoms with Crippen LogP contribution in [-0.2, 0) is 24.3 Å². The van der Waals surface area contributed by atoms with E-state index in [1.165, 1.54) is 22.2 Å².